The lowest BCUT2D eigenvalue weighted by atomic mass is 9.88. The summed E-state index contributed by atoms with van der Waals surface area (Å²) >= 11 is 0. The minimum Gasteiger partial charge on any atom is -0.494 e. The number of hydrogen-bond acceptors (Lipinski definition) is 6. The molecule has 0 saturated carbocycles. The Morgan fingerprint density at radius 3 is 1.27 bits per heavy atom. The second kappa shape index (κ2) is 22.1. The van der Waals surface area contributed by atoms with Gasteiger partial charge in [0.05, 0.1) is 13.2 Å². The molecule has 0 unspecified atom stereocenters. The van der Waals surface area contributed by atoms with Crippen molar-refractivity contribution in [3.8, 4) is 11.5 Å². The highest BCUT2D eigenvalue weighted by Gasteiger charge is 2.26. The Hall–Kier alpha value is -2.70. The number of ketones is 2. The molecule has 2 heterocycles. The minimum atomic E-state index is -0.0273. The van der Waals surface area contributed by atoms with Crippen LogP contribution in [0.2, 0.25) is 0 Å². The Balaban J connectivity index is 1.35. The van der Waals surface area contributed by atoms with Gasteiger partial charge < -0.3 is 19.3 Å². The van der Waals surface area contributed by atoms with Crippen LogP contribution in [0.15, 0.2) is 48.5 Å². The summed E-state index contributed by atoms with van der Waals surface area (Å²) < 4.78 is 11.8. The molecule has 48 heavy (non-hydrogen) atoms. The average molecular weight is 661 g/mol. The first-order valence-corrected chi connectivity index (χ1v) is 19.6. The summed E-state index contributed by atoms with van der Waals surface area (Å²) in [6, 6.07) is 15.6. The van der Waals surface area contributed by atoms with Gasteiger partial charge in [0.15, 0.2) is 11.6 Å². The number of hydrogen-bond donors (Lipinski definition) is 0. The minimum absolute atomic E-state index is 0.0273. The van der Waals surface area contributed by atoms with Crippen LogP contribution in [-0.2, 0) is 0 Å². The van der Waals surface area contributed by atoms with E-state index in [4.69, 9.17) is 9.47 Å². The molecular weight excluding hydrogens is 596 g/mol. The molecule has 2 saturated heterocycles. The Kier molecular flexibility index (Phi) is 17.5. The van der Waals surface area contributed by atoms with Crippen LogP contribution in [0.1, 0.15) is 137 Å². The molecule has 2 aliphatic heterocycles. The smallest absolute Gasteiger partial charge is 0.167 e. The summed E-state index contributed by atoms with van der Waals surface area (Å²) in [5.41, 5.74) is 1.57. The van der Waals surface area contributed by atoms with E-state index in [1.807, 2.05) is 48.5 Å². The van der Waals surface area contributed by atoms with E-state index in [-0.39, 0.29) is 23.4 Å². The summed E-state index contributed by atoms with van der Waals surface area (Å²) in [5, 5.41) is 0. The maximum atomic E-state index is 13.9. The molecule has 0 spiro atoms. The number of piperidine rings is 2. The molecule has 0 radical (unpaired) electrons. The van der Waals surface area contributed by atoms with E-state index in [2.05, 4.69) is 23.6 Å². The predicted octanol–water partition coefficient (Wildman–Crippen LogP) is 9.65. The standard InChI is InChI=1S/C42H64N2O4/c1-3-5-15-31-47-39-23-19-35(20-24-39)41(45)37(33-43-27-11-7-12-28-43)17-9-10-18-38(34-44-29-13-8-14-30-44)42(46)36-21-25-40(26-22-36)48-32-16-6-4-2/h19-26,37-38H,3-18,27-34H2,1-2H3/t37-,38-/m0/s1. The molecule has 266 valence electrons. The maximum Gasteiger partial charge on any atom is 0.167 e. The van der Waals surface area contributed by atoms with Crippen LogP contribution in [-0.4, -0.2) is 73.8 Å². The third-order valence-corrected chi connectivity index (χ3v) is 10.3. The normalized spacial score (nSPS) is 17.1. The number of nitrogens with zero attached hydrogens (tertiary/aromatic N) is 2. The first-order chi connectivity index (χ1) is 23.6. The van der Waals surface area contributed by atoms with Crippen molar-refractivity contribution >= 4 is 11.6 Å². The van der Waals surface area contributed by atoms with Gasteiger partial charge in [-0.1, -0.05) is 65.2 Å². The predicted molar refractivity (Wildman–Crippen MR) is 198 cm³/mol. The molecule has 2 atom stereocenters. The molecular formula is C42H64N2O4. The van der Waals surface area contributed by atoms with Crippen molar-refractivity contribution in [1.82, 2.24) is 9.80 Å². The van der Waals surface area contributed by atoms with Crippen LogP contribution in [0.3, 0.4) is 0 Å². The summed E-state index contributed by atoms with van der Waals surface area (Å²) in [5.74, 6) is 2.12. The van der Waals surface area contributed by atoms with Crippen molar-refractivity contribution in [1.29, 1.82) is 0 Å². The van der Waals surface area contributed by atoms with Crippen LogP contribution >= 0.6 is 0 Å². The zero-order chi connectivity index (χ0) is 33.8. The van der Waals surface area contributed by atoms with Crippen molar-refractivity contribution in [3.05, 3.63) is 59.7 Å². The number of Topliss-reactive ketones (excluding diaryl/α,β-unsaturated/α-hetero) is 2. The fourth-order valence-electron chi connectivity index (χ4n) is 7.29. The Morgan fingerprint density at radius 2 is 0.917 bits per heavy atom. The SMILES string of the molecule is CCCCCOc1ccc(C(=O)[C@@H](CCCC[C@@H](CN2CCCCC2)C(=O)c2ccc(OCCCCC)cc2)CN2CCCCC2)cc1. The number of rotatable bonds is 23. The highest BCUT2D eigenvalue weighted by molar-refractivity contribution is 5.98. The quantitative estimate of drug-likeness (QED) is 0.0874. The van der Waals surface area contributed by atoms with Crippen molar-refractivity contribution in [2.75, 3.05) is 52.5 Å². The Labute approximate surface area is 291 Å². The van der Waals surface area contributed by atoms with Crippen LogP contribution in [0.4, 0.5) is 0 Å². The lowest BCUT2D eigenvalue weighted by molar-refractivity contribution is 0.0833. The summed E-state index contributed by atoms with van der Waals surface area (Å²) in [6.45, 7) is 11.8. The first-order valence-electron chi connectivity index (χ1n) is 19.6. The summed E-state index contributed by atoms with van der Waals surface area (Å²) in [4.78, 5) is 32.8. The van der Waals surface area contributed by atoms with Gasteiger partial charge in [-0.2, -0.15) is 0 Å². The molecule has 2 fully saturated rings. The van der Waals surface area contributed by atoms with Gasteiger partial charge in [0.1, 0.15) is 11.5 Å². The van der Waals surface area contributed by atoms with Gasteiger partial charge in [-0.25, -0.2) is 0 Å². The van der Waals surface area contributed by atoms with Crippen LogP contribution < -0.4 is 9.47 Å². The summed E-state index contributed by atoms with van der Waals surface area (Å²) in [6.07, 6.45) is 17.9. The van der Waals surface area contributed by atoms with E-state index in [1.54, 1.807) is 0 Å². The van der Waals surface area contributed by atoms with Gasteiger partial charge in [-0.05, 0) is 126 Å². The van der Waals surface area contributed by atoms with Crippen molar-refractivity contribution < 1.29 is 19.1 Å². The maximum absolute atomic E-state index is 13.9. The molecule has 0 amide bonds. The highest BCUT2D eigenvalue weighted by atomic mass is 16.5. The summed E-state index contributed by atoms with van der Waals surface area (Å²) in [7, 11) is 0. The fraction of sp³-hybridized carbons (Fsp3) is 0.667. The number of ether oxygens (including phenoxy) is 2. The first kappa shape index (κ1) is 38.1. The van der Waals surface area contributed by atoms with Gasteiger partial charge in [-0.3, -0.25) is 9.59 Å². The van der Waals surface area contributed by atoms with E-state index < -0.39 is 0 Å². The molecule has 2 aromatic carbocycles. The number of benzene rings is 2. The van der Waals surface area contributed by atoms with Gasteiger partial charge in [-0.15, -0.1) is 0 Å². The topological polar surface area (TPSA) is 59.1 Å². The molecule has 2 aliphatic rings. The van der Waals surface area contributed by atoms with Crippen molar-refractivity contribution in [3.63, 3.8) is 0 Å². The Bertz CT molecular complexity index is 1080. The number of carbonyl (C=O) groups is 2. The third-order valence-electron chi connectivity index (χ3n) is 10.3. The third kappa shape index (κ3) is 13.3. The monoisotopic (exact) mass is 660 g/mol. The van der Waals surface area contributed by atoms with E-state index >= 15 is 0 Å². The molecule has 0 bridgehead atoms. The van der Waals surface area contributed by atoms with Crippen molar-refractivity contribution in [2.24, 2.45) is 11.8 Å². The van der Waals surface area contributed by atoms with Gasteiger partial charge in [0, 0.05) is 36.1 Å². The molecule has 0 aromatic heterocycles. The lowest BCUT2D eigenvalue weighted by Crippen LogP contribution is -2.37. The van der Waals surface area contributed by atoms with E-state index in [1.165, 1.54) is 64.2 Å². The molecule has 4 rings (SSSR count). The van der Waals surface area contributed by atoms with E-state index in [0.29, 0.717) is 0 Å². The molecule has 2 aromatic rings. The number of unbranched alkanes of at least 4 members (excludes halogenated alkanes) is 5. The average Bonchev–Trinajstić information content (AvgIpc) is 3.13. The second-order valence-corrected chi connectivity index (χ2v) is 14.3. The molecule has 6 heteroatoms. The zero-order valence-electron chi connectivity index (χ0n) is 30.3. The Morgan fingerprint density at radius 1 is 0.542 bits per heavy atom. The van der Waals surface area contributed by atoms with Gasteiger partial charge in [0.25, 0.3) is 0 Å². The number of carbonyl (C=O) groups excluding carboxylic acids is 2. The van der Waals surface area contributed by atoms with Crippen LogP contribution in [0.25, 0.3) is 0 Å². The van der Waals surface area contributed by atoms with Gasteiger partial charge in [0.2, 0.25) is 0 Å². The van der Waals surface area contributed by atoms with Crippen LogP contribution in [0, 0.1) is 11.8 Å². The van der Waals surface area contributed by atoms with Gasteiger partial charge >= 0.3 is 0 Å². The second-order valence-electron chi connectivity index (χ2n) is 14.3. The molecule has 6 nitrogen and oxygen atoms in total. The zero-order valence-corrected chi connectivity index (χ0v) is 30.3. The van der Waals surface area contributed by atoms with Crippen LogP contribution in [0.5, 0.6) is 11.5 Å². The molecule has 0 aliphatic carbocycles. The van der Waals surface area contributed by atoms with E-state index in [9.17, 15) is 9.59 Å². The number of likely N-dealkylation sites (tertiary alicyclic amines) is 2. The fourth-order valence-corrected chi connectivity index (χ4v) is 7.29. The molecule has 0 N–H and O–H groups in total. The van der Waals surface area contributed by atoms with Crippen molar-refractivity contribution in [2.45, 2.75) is 117 Å². The lowest BCUT2D eigenvalue weighted by Gasteiger charge is -2.31. The van der Waals surface area contributed by atoms with E-state index in [0.717, 1.165) is 114 Å². The highest BCUT2D eigenvalue weighted by Crippen LogP contribution is 2.25. The largest absolute Gasteiger partial charge is 0.494 e.